The minimum absolute atomic E-state index is 0.124. The summed E-state index contributed by atoms with van der Waals surface area (Å²) in [5.41, 5.74) is 2.53. The first-order valence-corrected chi connectivity index (χ1v) is 6.61. The number of aryl methyl sites for hydroxylation is 2. The third-order valence-electron chi connectivity index (χ3n) is 2.85. The Morgan fingerprint density at radius 2 is 1.74 bits per heavy atom. The van der Waals surface area contributed by atoms with Crippen LogP contribution in [-0.4, -0.2) is 5.11 Å². The van der Waals surface area contributed by atoms with Crippen LogP contribution in [0.15, 0.2) is 30.3 Å². The first kappa shape index (κ1) is 14.2. The van der Waals surface area contributed by atoms with E-state index in [1.165, 1.54) is 0 Å². The molecule has 19 heavy (non-hydrogen) atoms. The molecule has 0 aliphatic rings. The number of aliphatic hydroxyl groups is 1. The van der Waals surface area contributed by atoms with E-state index in [4.69, 9.17) is 27.9 Å². The van der Waals surface area contributed by atoms with Crippen LogP contribution in [0.3, 0.4) is 0 Å². The van der Waals surface area contributed by atoms with Gasteiger partial charge in [0.25, 0.3) is 0 Å². The van der Waals surface area contributed by atoms with Gasteiger partial charge in [0.1, 0.15) is 5.75 Å². The zero-order valence-electron chi connectivity index (χ0n) is 10.7. The molecule has 0 heterocycles. The minimum atomic E-state index is -0.124. The van der Waals surface area contributed by atoms with Gasteiger partial charge in [0.15, 0.2) is 5.75 Å². The van der Waals surface area contributed by atoms with E-state index in [0.717, 1.165) is 16.1 Å². The smallest absolute Gasteiger partial charge is 0.151 e. The van der Waals surface area contributed by atoms with Crippen molar-refractivity contribution >= 4 is 23.2 Å². The highest BCUT2D eigenvalue weighted by Crippen LogP contribution is 2.35. The summed E-state index contributed by atoms with van der Waals surface area (Å²) in [6, 6.07) is 8.97. The molecule has 0 fully saturated rings. The summed E-state index contributed by atoms with van der Waals surface area (Å²) in [6.45, 7) is 3.71. The fraction of sp³-hybridized carbons (Fsp3) is 0.200. The lowest BCUT2D eigenvalue weighted by molar-refractivity contribution is 0.276. The van der Waals surface area contributed by atoms with Gasteiger partial charge in [-0.15, -0.1) is 0 Å². The van der Waals surface area contributed by atoms with Crippen molar-refractivity contribution in [2.45, 2.75) is 20.5 Å². The van der Waals surface area contributed by atoms with Gasteiger partial charge in [-0.1, -0.05) is 35.3 Å². The van der Waals surface area contributed by atoms with Crippen LogP contribution in [0.2, 0.25) is 10.0 Å². The van der Waals surface area contributed by atoms with Gasteiger partial charge in [-0.2, -0.15) is 0 Å². The number of para-hydroxylation sites is 1. The van der Waals surface area contributed by atoms with Gasteiger partial charge in [-0.25, -0.2) is 0 Å². The molecule has 0 saturated heterocycles. The lowest BCUT2D eigenvalue weighted by Crippen LogP contribution is -1.94. The summed E-state index contributed by atoms with van der Waals surface area (Å²) in [5.74, 6) is 1.13. The van der Waals surface area contributed by atoms with E-state index in [9.17, 15) is 5.11 Å². The quantitative estimate of drug-likeness (QED) is 0.873. The van der Waals surface area contributed by atoms with Crippen molar-refractivity contribution in [3.8, 4) is 11.5 Å². The third-order valence-corrected chi connectivity index (χ3v) is 3.74. The monoisotopic (exact) mass is 296 g/mol. The highest BCUT2D eigenvalue weighted by atomic mass is 35.5. The SMILES string of the molecule is Cc1cc(Oc2c(Cl)cccc2CO)cc(C)c1Cl. The highest BCUT2D eigenvalue weighted by molar-refractivity contribution is 6.32. The normalized spacial score (nSPS) is 10.6. The Morgan fingerprint density at radius 1 is 1.11 bits per heavy atom. The molecule has 100 valence electrons. The number of rotatable bonds is 3. The standard InChI is InChI=1S/C15H14Cl2O2/c1-9-6-12(7-10(2)14(9)17)19-15-11(8-18)4-3-5-13(15)16/h3-7,18H,8H2,1-2H3. The first-order chi connectivity index (χ1) is 9.02. The summed E-state index contributed by atoms with van der Waals surface area (Å²) >= 11 is 12.2. The molecular formula is C15H14Cl2O2. The minimum Gasteiger partial charge on any atom is -0.455 e. The second kappa shape index (κ2) is 5.83. The molecule has 4 heteroatoms. The van der Waals surface area contributed by atoms with Crippen molar-refractivity contribution in [1.82, 2.24) is 0 Å². The number of hydrogen-bond acceptors (Lipinski definition) is 2. The third kappa shape index (κ3) is 3.03. The molecule has 0 unspecified atom stereocenters. The second-order valence-electron chi connectivity index (χ2n) is 4.36. The van der Waals surface area contributed by atoms with Gasteiger partial charge in [-0.3, -0.25) is 0 Å². The maximum atomic E-state index is 9.31. The molecule has 0 amide bonds. The molecule has 0 radical (unpaired) electrons. The summed E-state index contributed by atoms with van der Waals surface area (Å²) in [4.78, 5) is 0. The molecular weight excluding hydrogens is 283 g/mol. The molecule has 0 atom stereocenters. The van der Waals surface area contributed by atoms with Crippen molar-refractivity contribution in [3.63, 3.8) is 0 Å². The Labute approximate surface area is 122 Å². The van der Waals surface area contributed by atoms with Crippen LogP contribution < -0.4 is 4.74 Å². The summed E-state index contributed by atoms with van der Waals surface area (Å²) in [5, 5.41) is 10.5. The highest BCUT2D eigenvalue weighted by Gasteiger charge is 2.10. The van der Waals surface area contributed by atoms with Crippen molar-refractivity contribution in [2.24, 2.45) is 0 Å². The van der Waals surface area contributed by atoms with E-state index in [1.807, 2.05) is 26.0 Å². The molecule has 0 aliphatic heterocycles. The Hall–Kier alpha value is -1.22. The Balaban J connectivity index is 2.42. The number of benzene rings is 2. The zero-order valence-corrected chi connectivity index (χ0v) is 12.2. The van der Waals surface area contributed by atoms with Crippen LogP contribution in [-0.2, 0) is 6.61 Å². The van der Waals surface area contributed by atoms with Crippen LogP contribution in [0, 0.1) is 13.8 Å². The molecule has 2 aromatic rings. The van der Waals surface area contributed by atoms with Gasteiger partial charge in [0, 0.05) is 10.6 Å². The largest absolute Gasteiger partial charge is 0.455 e. The Bertz CT molecular complexity index is 586. The van der Waals surface area contributed by atoms with Crippen molar-refractivity contribution in [2.75, 3.05) is 0 Å². The number of hydrogen-bond donors (Lipinski definition) is 1. The van der Waals surface area contributed by atoms with E-state index in [2.05, 4.69) is 0 Å². The van der Waals surface area contributed by atoms with Crippen molar-refractivity contribution in [3.05, 3.63) is 57.1 Å². The van der Waals surface area contributed by atoms with Crippen molar-refractivity contribution < 1.29 is 9.84 Å². The average molecular weight is 297 g/mol. The molecule has 0 bridgehead atoms. The first-order valence-electron chi connectivity index (χ1n) is 5.85. The van der Waals surface area contributed by atoms with Crippen LogP contribution >= 0.6 is 23.2 Å². The van der Waals surface area contributed by atoms with Gasteiger partial charge in [0.2, 0.25) is 0 Å². The van der Waals surface area contributed by atoms with Crippen LogP contribution in [0.25, 0.3) is 0 Å². The van der Waals surface area contributed by atoms with Crippen LogP contribution in [0.4, 0.5) is 0 Å². The molecule has 0 spiro atoms. The summed E-state index contributed by atoms with van der Waals surface area (Å²) in [6.07, 6.45) is 0. The fourth-order valence-electron chi connectivity index (χ4n) is 1.88. The lowest BCUT2D eigenvalue weighted by atomic mass is 10.1. The molecule has 0 saturated carbocycles. The lowest BCUT2D eigenvalue weighted by Gasteiger charge is -2.13. The number of ether oxygens (including phenoxy) is 1. The molecule has 2 nitrogen and oxygen atoms in total. The average Bonchev–Trinajstić information content (AvgIpc) is 2.38. The van der Waals surface area contributed by atoms with Crippen molar-refractivity contribution in [1.29, 1.82) is 0 Å². The molecule has 1 N–H and O–H groups in total. The van der Waals surface area contributed by atoms with Gasteiger partial charge >= 0.3 is 0 Å². The van der Waals surface area contributed by atoms with E-state index in [0.29, 0.717) is 22.1 Å². The molecule has 0 aromatic heterocycles. The molecule has 0 aliphatic carbocycles. The number of halogens is 2. The topological polar surface area (TPSA) is 29.5 Å². The predicted octanol–water partition coefficient (Wildman–Crippen LogP) is 4.89. The Morgan fingerprint density at radius 3 is 2.32 bits per heavy atom. The van der Waals surface area contributed by atoms with E-state index in [1.54, 1.807) is 18.2 Å². The van der Waals surface area contributed by atoms with Crippen LogP contribution in [0.5, 0.6) is 11.5 Å². The van der Waals surface area contributed by atoms with Gasteiger partial charge in [0.05, 0.1) is 11.6 Å². The summed E-state index contributed by atoms with van der Waals surface area (Å²) < 4.78 is 5.80. The fourth-order valence-corrected chi connectivity index (χ4v) is 2.22. The van der Waals surface area contributed by atoms with Gasteiger partial charge in [-0.05, 0) is 43.2 Å². The molecule has 2 aromatic carbocycles. The maximum absolute atomic E-state index is 9.31. The maximum Gasteiger partial charge on any atom is 0.151 e. The number of aliphatic hydroxyl groups excluding tert-OH is 1. The van der Waals surface area contributed by atoms with E-state index >= 15 is 0 Å². The molecule has 2 rings (SSSR count). The summed E-state index contributed by atoms with van der Waals surface area (Å²) in [7, 11) is 0. The second-order valence-corrected chi connectivity index (χ2v) is 5.14. The van der Waals surface area contributed by atoms with E-state index < -0.39 is 0 Å². The van der Waals surface area contributed by atoms with E-state index in [-0.39, 0.29) is 6.61 Å². The Kier molecular flexibility index (Phi) is 4.35. The van der Waals surface area contributed by atoms with Crippen LogP contribution in [0.1, 0.15) is 16.7 Å². The predicted molar refractivity (Wildman–Crippen MR) is 78.4 cm³/mol. The van der Waals surface area contributed by atoms with Gasteiger partial charge < -0.3 is 9.84 Å². The zero-order chi connectivity index (χ0) is 14.0.